The molecule has 0 aromatic carbocycles. The van der Waals surface area contributed by atoms with Gasteiger partial charge >= 0.3 is 0 Å². The summed E-state index contributed by atoms with van der Waals surface area (Å²) in [5, 5.41) is 2.08. The first-order valence-electron chi connectivity index (χ1n) is 7.17. The van der Waals surface area contributed by atoms with E-state index in [1.54, 1.807) is 11.3 Å². The van der Waals surface area contributed by atoms with Crippen LogP contribution in [-0.4, -0.2) is 32.9 Å². The number of rotatable bonds is 4. The Morgan fingerprint density at radius 1 is 1.42 bits per heavy atom. The van der Waals surface area contributed by atoms with Gasteiger partial charge in [0.1, 0.15) is 0 Å². The average molecular weight is 278 g/mol. The van der Waals surface area contributed by atoms with Crippen molar-refractivity contribution in [2.45, 2.75) is 51.2 Å². The maximum Gasteiger partial charge on any atom is 0.193 e. The minimum absolute atomic E-state index is 0.424. The molecule has 2 N–H and O–H groups in total. The van der Waals surface area contributed by atoms with Gasteiger partial charge in [-0.15, -0.1) is 11.3 Å². The number of nitrogens with two attached hydrogens (primary N) is 1. The van der Waals surface area contributed by atoms with Crippen molar-refractivity contribution in [3.05, 3.63) is 23.5 Å². The molecule has 0 radical (unpaired) electrons. The Kier molecular flexibility index (Phi) is 3.86. The molecule has 1 saturated carbocycles. The second kappa shape index (κ2) is 5.61. The van der Waals surface area contributed by atoms with Gasteiger partial charge in [-0.1, -0.05) is 6.92 Å². The lowest BCUT2D eigenvalue weighted by Gasteiger charge is -2.35. The summed E-state index contributed by atoms with van der Waals surface area (Å²) < 4.78 is 2.12. The summed E-state index contributed by atoms with van der Waals surface area (Å²) in [6, 6.07) is 1.11. The van der Waals surface area contributed by atoms with Gasteiger partial charge in [0.15, 0.2) is 4.96 Å². The van der Waals surface area contributed by atoms with Crippen LogP contribution >= 0.6 is 11.3 Å². The van der Waals surface area contributed by atoms with E-state index < -0.39 is 0 Å². The van der Waals surface area contributed by atoms with Crippen LogP contribution in [-0.2, 0) is 6.54 Å². The number of thiazole rings is 1. The molecule has 0 bridgehead atoms. The molecule has 0 aliphatic heterocycles. The van der Waals surface area contributed by atoms with Gasteiger partial charge in [-0.05, 0) is 32.2 Å². The third kappa shape index (κ3) is 2.83. The van der Waals surface area contributed by atoms with Crippen molar-refractivity contribution in [3.8, 4) is 0 Å². The zero-order valence-corrected chi connectivity index (χ0v) is 12.3. The number of nitrogens with zero attached hydrogens (tertiary/aromatic N) is 3. The van der Waals surface area contributed by atoms with E-state index in [1.807, 2.05) is 0 Å². The van der Waals surface area contributed by atoms with E-state index in [4.69, 9.17) is 5.73 Å². The number of hydrogen-bond donors (Lipinski definition) is 1. The Balaban J connectivity index is 1.67. The molecule has 2 heterocycles. The summed E-state index contributed by atoms with van der Waals surface area (Å²) >= 11 is 1.70. The summed E-state index contributed by atoms with van der Waals surface area (Å²) in [4.78, 5) is 8.33. The quantitative estimate of drug-likeness (QED) is 0.934. The number of aromatic nitrogens is 2. The molecule has 4 nitrogen and oxygen atoms in total. The highest BCUT2D eigenvalue weighted by molar-refractivity contribution is 7.15. The fourth-order valence-electron chi connectivity index (χ4n) is 3.03. The van der Waals surface area contributed by atoms with Crippen LogP contribution in [0.3, 0.4) is 0 Å². The molecule has 0 atom stereocenters. The molecule has 5 heteroatoms. The van der Waals surface area contributed by atoms with E-state index in [9.17, 15) is 0 Å². The van der Waals surface area contributed by atoms with Crippen molar-refractivity contribution in [3.63, 3.8) is 0 Å². The molecule has 0 spiro atoms. The van der Waals surface area contributed by atoms with E-state index in [-0.39, 0.29) is 0 Å². The van der Waals surface area contributed by atoms with Gasteiger partial charge in [-0.25, -0.2) is 4.98 Å². The summed E-state index contributed by atoms with van der Waals surface area (Å²) in [5.74, 6) is 0. The Bertz CT molecular complexity index is 496. The van der Waals surface area contributed by atoms with E-state index in [0.29, 0.717) is 12.1 Å². The predicted molar refractivity (Wildman–Crippen MR) is 79.4 cm³/mol. The van der Waals surface area contributed by atoms with Gasteiger partial charge in [-0.2, -0.15) is 0 Å². The van der Waals surface area contributed by atoms with Crippen LogP contribution < -0.4 is 5.73 Å². The fraction of sp³-hybridized carbons (Fsp3) is 0.643. The lowest BCUT2D eigenvalue weighted by Crippen LogP contribution is -2.40. The molecule has 104 valence electrons. The fourth-order valence-corrected chi connectivity index (χ4v) is 3.75. The summed E-state index contributed by atoms with van der Waals surface area (Å²) in [7, 11) is 0. The largest absolute Gasteiger partial charge is 0.328 e. The van der Waals surface area contributed by atoms with Gasteiger partial charge in [0.2, 0.25) is 0 Å². The van der Waals surface area contributed by atoms with Crippen LogP contribution in [0.4, 0.5) is 0 Å². The molecule has 1 aliphatic carbocycles. The lowest BCUT2D eigenvalue weighted by atomic mass is 9.90. The predicted octanol–water partition coefficient (Wildman–Crippen LogP) is 2.49. The Morgan fingerprint density at radius 3 is 2.89 bits per heavy atom. The zero-order valence-electron chi connectivity index (χ0n) is 11.5. The topological polar surface area (TPSA) is 46.6 Å². The van der Waals surface area contributed by atoms with Crippen molar-refractivity contribution in [2.24, 2.45) is 5.73 Å². The van der Waals surface area contributed by atoms with Crippen molar-refractivity contribution >= 4 is 16.3 Å². The smallest absolute Gasteiger partial charge is 0.193 e. The minimum atomic E-state index is 0.424. The molecule has 2 aromatic heterocycles. The number of imidazole rings is 1. The van der Waals surface area contributed by atoms with Crippen LogP contribution in [0.25, 0.3) is 4.96 Å². The molecule has 19 heavy (non-hydrogen) atoms. The van der Waals surface area contributed by atoms with Gasteiger partial charge in [0, 0.05) is 36.4 Å². The van der Waals surface area contributed by atoms with Crippen LogP contribution in [0.15, 0.2) is 17.8 Å². The molecule has 3 rings (SSSR count). The maximum absolute atomic E-state index is 6.00. The first-order chi connectivity index (χ1) is 9.26. The van der Waals surface area contributed by atoms with Crippen molar-refractivity contribution in [2.75, 3.05) is 6.54 Å². The second-order valence-corrected chi connectivity index (χ2v) is 6.33. The van der Waals surface area contributed by atoms with E-state index in [2.05, 4.69) is 39.0 Å². The summed E-state index contributed by atoms with van der Waals surface area (Å²) in [6.45, 7) is 4.29. The lowest BCUT2D eigenvalue weighted by molar-refractivity contribution is 0.148. The molecule has 0 unspecified atom stereocenters. The highest BCUT2D eigenvalue weighted by atomic mass is 32.1. The van der Waals surface area contributed by atoms with Gasteiger partial charge < -0.3 is 5.73 Å². The van der Waals surface area contributed by atoms with Gasteiger partial charge in [-0.3, -0.25) is 9.30 Å². The molecule has 2 aromatic rings. The maximum atomic E-state index is 6.00. The van der Waals surface area contributed by atoms with E-state index in [0.717, 1.165) is 18.1 Å². The van der Waals surface area contributed by atoms with Crippen LogP contribution in [0.1, 0.15) is 38.3 Å². The Labute approximate surface area is 118 Å². The Morgan fingerprint density at radius 2 is 2.21 bits per heavy atom. The average Bonchev–Trinajstić information content (AvgIpc) is 2.98. The monoisotopic (exact) mass is 278 g/mol. The third-order valence-corrected chi connectivity index (χ3v) is 4.94. The highest BCUT2D eigenvalue weighted by Gasteiger charge is 2.23. The zero-order chi connectivity index (χ0) is 13.2. The molecular weight excluding hydrogens is 256 g/mol. The van der Waals surface area contributed by atoms with Crippen molar-refractivity contribution < 1.29 is 0 Å². The van der Waals surface area contributed by atoms with Gasteiger partial charge in [0.05, 0.1) is 5.69 Å². The molecule has 1 aliphatic rings. The SMILES string of the molecule is CCN(Cc1cn2ccsc2n1)C1CCC(N)CC1. The summed E-state index contributed by atoms with van der Waals surface area (Å²) in [5.41, 5.74) is 7.18. The Hall–Kier alpha value is -0.910. The third-order valence-electron chi connectivity index (χ3n) is 4.17. The van der Waals surface area contributed by atoms with Gasteiger partial charge in [0.25, 0.3) is 0 Å². The second-order valence-electron chi connectivity index (χ2n) is 5.46. The number of fused-ring (bicyclic) bond motifs is 1. The molecule has 0 amide bonds. The highest BCUT2D eigenvalue weighted by Crippen LogP contribution is 2.23. The van der Waals surface area contributed by atoms with Crippen LogP contribution in [0.5, 0.6) is 0 Å². The van der Waals surface area contributed by atoms with E-state index >= 15 is 0 Å². The van der Waals surface area contributed by atoms with Crippen molar-refractivity contribution in [1.82, 2.24) is 14.3 Å². The van der Waals surface area contributed by atoms with Crippen LogP contribution in [0, 0.1) is 0 Å². The first kappa shape index (κ1) is 13.1. The van der Waals surface area contributed by atoms with Crippen LogP contribution in [0.2, 0.25) is 0 Å². The summed E-state index contributed by atoms with van der Waals surface area (Å²) in [6.07, 6.45) is 9.03. The first-order valence-corrected chi connectivity index (χ1v) is 8.05. The molecular formula is C14H22N4S. The standard InChI is InChI=1S/C14H22N4S/c1-2-17(13-5-3-11(15)4-6-13)9-12-10-18-7-8-19-14(18)16-12/h7-8,10-11,13H,2-6,9,15H2,1H3. The normalized spacial score (nSPS) is 24.4. The molecule has 0 saturated heterocycles. The van der Waals surface area contributed by atoms with E-state index in [1.165, 1.54) is 31.4 Å². The minimum Gasteiger partial charge on any atom is -0.328 e. The van der Waals surface area contributed by atoms with Crippen molar-refractivity contribution in [1.29, 1.82) is 0 Å². The molecule has 1 fully saturated rings. The number of hydrogen-bond acceptors (Lipinski definition) is 4.